The molecule has 1 saturated carbocycles. The zero-order valence-electron chi connectivity index (χ0n) is 29.1. The second-order valence-electron chi connectivity index (χ2n) is 14.5. The summed E-state index contributed by atoms with van der Waals surface area (Å²) in [5.74, 6) is 3.04. The van der Waals surface area contributed by atoms with Crippen molar-refractivity contribution in [3.8, 4) is 11.5 Å². The Morgan fingerprint density at radius 2 is 1.67 bits per heavy atom. The van der Waals surface area contributed by atoms with Crippen molar-refractivity contribution >= 4 is 12.0 Å². The van der Waals surface area contributed by atoms with Crippen molar-refractivity contribution in [1.82, 2.24) is 10.2 Å². The smallest absolute Gasteiger partial charge is 0.410 e. The number of likely N-dealkylation sites (tertiary alicyclic amines) is 1. The highest BCUT2D eigenvalue weighted by molar-refractivity contribution is 5.84. The second-order valence-corrected chi connectivity index (χ2v) is 14.5. The van der Waals surface area contributed by atoms with E-state index in [-0.39, 0.29) is 29.8 Å². The molecule has 1 aliphatic heterocycles. The van der Waals surface area contributed by atoms with Crippen LogP contribution >= 0.6 is 0 Å². The Hall–Kier alpha value is -3.26. The zero-order chi connectivity index (χ0) is 33.3. The molecule has 254 valence electrons. The molecular formula is C38H56N2O6. The SMILES string of the molecule is COCCCOc1cc(C[C@@H](C[C@H]2CN(C(=O)OC(C)(C)C)C[C@@H]2CNC(=O)C(c2ccccc2)C2CC2)C(C)C)ccc1OC. The first kappa shape index (κ1) is 35.6. The van der Waals surface area contributed by atoms with E-state index in [0.29, 0.717) is 50.6 Å². The van der Waals surface area contributed by atoms with Crippen LogP contribution in [0.3, 0.4) is 0 Å². The number of ether oxygens (including phenoxy) is 4. The average Bonchev–Trinajstić information content (AvgIpc) is 3.76. The molecule has 0 radical (unpaired) electrons. The lowest BCUT2D eigenvalue weighted by Crippen LogP contribution is -2.38. The van der Waals surface area contributed by atoms with Gasteiger partial charge in [-0.3, -0.25) is 4.79 Å². The minimum absolute atomic E-state index is 0.0971. The first-order valence-corrected chi connectivity index (χ1v) is 17.1. The summed E-state index contributed by atoms with van der Waals surface area (Å²) in [5, 5.41) is 3.33. The van der Waals surface area contributed by atoms with Gasteiger partial charge in [0.05, 0.1) is 19.6 Å². The monoisotopic (exact) mass is 636 g/mol. The molecule has 0 aromatic heterocycles. The van der Waals surface area contributed by atoms with Crippen molar-refractivity contribution < 1.29 is 28.5 Å². The predicted molar refractivity (Wildman–Crippen MR) is 181 cm³/mol. The number of hydrogen-bond acceptors (Lipinski definition) is 6. The minimum Gasteiger partial charge on any atom is -0.493 e. The highest BCUT2D eigenvalue weighted by atomic mass is 16.6. The van der Waals surface area contributed by atoms with Crippen molar-refractivity contribution in [1.29, 1.82) is 0 Å². The van der Waals surface area contributed by atoms with Crippen LogP contribution in [0.4, 0.5) is 4.79 Å². The third kappa shape index (κ3) is 10.4. The third-order valence-corrected chi connectivity index (χ3v) is 9.33. The fourth-order valence-corrected chi connectivity index (χ4v) is 6.61. The molecule has 2 aromatic rings. The Morgan fingerprint density at radius 3 is 2.30 bits per heavy atom. The normalized spacial score (nSPS) is 19.5. The molecule has 8 nitrogen and oxygen atoms in total. The summed E-state index contributed by atoms with van der Waals surface area (Å²) in [5.41, 5.74) is 1.72. The Bertz CT molecular complexity index is 1260. The second kappa shape index (κ2) is 16.5. The summed E-state index contributed by atoms with van der Waals surface area (Å²) in [7, 11) is 3.36. The first-order chi connectivity index (χ1) is 22.0. The standard InChI is InChI=1S/C38H56N2O6/c1-26(2)30(20-27-14-17-33(44-7)34(21-27)45-19-11-18-43-6)22-31-24-40(37(42)46-38(3,4)5)25-32(31)23-39-36(41)35(29-15-16-29)28-12-9-8-10-13-28/h8-10,12-14,17,21,26,29-32,35H,11,15-16,18-20,22-25H2,1-7H3,(H,39,41)/t30-,31-,32-,35?/m0/s1. The van der Waals surface area contributed by atoms with E-state index in [9.17, 15) is 9.59 Å². The summed E-state index contributed by atoms with van der Waals surface area (Å²) in [4.78, 5) is 28.7. The van der Waals surface area contributed by atoms with E-state index in [0.717, 1.165) is 49.2 Å². The number of nitrogens with zero attached hydrogens (tertiary/aromatic N) is 1. The van der Waals surface area contributed by atoms with Crippen molar-refractivity contribution in [2.75, 3.05) is 47.1 Å². The molecule has 2 aliphatic rings. The average molecular weight is 637 g/mol. The summed E-state index contributed by atoms with van der Waals surface area (Å²) in [6, 6.07) is 16.3. The fourth-order valence-electron chi connectivity index (χ4n) is 6.61. The van der Waals surface area contributed by atoms with Crippen LogP contribution in [0.15, 0.2) is 48.5 Å². The molecule has 2 amide bonds. The maximum atomic E-state index is 13.6. The summed E-state index contributed by atoms with van der Waals surface area (Å²) < 4.78 is 22.6. The van der Waals surface area contributed by atoms with Crippen LogP contribution in [0.2, 0.25) is 0 Å². The zero-order valence-corrected chi connectivity index (χ0v) is 29.1. The minimum atomic E-state index is -0.565. The number of rotatable bonds is 16. The van der Waals surface area contributed by atoms with Crippen LogP contribution < -0.4 is 14.8 Å². The van der Waals surface area contributed by atoms with Gasteiger partial charge in [0.15, 0.2) is 11.5 Å². The Kier molecular flexibility index (Phi) is 12.8. The lowest BCUT2D eigenvalue weighted by atomic mass is 9.79. The van der Waals surface area contributed by atoms with E-state index in [4.69, 9.17) is 18.9 Å². The Balaban J connectivity index is 1.47. The molecule has 1 saturated heterocycles. The van der Waals surface area contributed by atoms with Crippen LogP contribution in [0.5, 0.6) is 11.5 Å². The van der Waals surface area contributed by atoms with E-state index >= 15 is 0 Å². The molecule has 4 atom stereocenters. The van der Waals surface area contributed by atoms with Gasteiger partial charge in [-0.1, -0.05) is 50.2 Å². The number of amides is 2. The van der Waals surface area contributed by atoms with Crippen molar-refractivity contribution in [3.63, 3.8) is 0 Å². The summed E-state index contributed by atoms with van der Waals surface area (Å²) in [6.07, 6.45) is 4.53. The van der Waals surface area contributed by atoms with Crippen LogP contribution in [-0.4, -0.2) is 69.6 Å². The van der Waals surface area contributed by atoms with Gasteiger partial charge < -0.3 is 29.2 Å². The van der Waals surface area contributed by atoms with E-state index in [1.165, 1.54) is 5.56 Å². The number of benzene rings is 2. The van der Waals surface area contributed by atoms with E-state index in [2.05, 4.69) is 43.4 Å². The molecule has 2 fully saturated rings. The lowest BCUT2D eigenvalue weighted by Gasteiger charge is -2.28. The molecule has 1 unspecified atom stereocenters. The Labute approximate surface area is 276 Å². The molecule has 46 heavy (non-hydrogen) atoms. The van der Waals surface area contributed by atoms with Gasteiger partial charge in [-0.2, -0.15) is 0 Å². The van der Waals surface area contributed by atoms with Crippen LogP contribution in [-0.2, 0) is 20.7 Å². The van der Waals surface area contributed by atoms with Crippen molar-refractivity contribution in [2.45, 2.75) is 78.2 Å². The fraction of sp³-hybridized carbons (Fsp3) is 0.632. The van der Waals surface area contributed by atoms with Gasteiger partial charge in [-0.05, 0) is 99.3 Å². The summed E-state index contributed by atoms with van der Waals surface area (Å²) >= 11 is 0. The molecule has 0 bridgehead atoms. The van der Waals surface area contributed by atoms with Gasteiger partial charge in [0.1, 0.15) is 5.60 Å². The quantitative estimate of drug-likeness (QED) is 0.198. The molecule has 1 heterocycles. The van der Waals surface area contributed by atoms with E-state index in [1.54, 1.807) is 14.2 Å². The van der Waals surface area contributed by atoms with Crippen LogP contribution in [0, 0.1) is 29.6 Å². The maximum absolute atomic E-state index is 13.6. The highest BCUT2D eigenvalue weighted by Crippen LogP contribution is 2.43. The largest absolute Gasteiger partial charge is 0.493 e. The Morgan fingerprint density at radius 1 is 0.957 bits per heavy atom. The number of carbonyl (C=O) groups is 2. The molecular weight excluding hydrogens is 580 g/mol. The lowest BCUT2D eigenvalue weighted by molar-refractivity contribution is -0.123. The van der Waals surface area contributed by atoms with Gasteiger partial charge in [0, 0.05) is 39.8 Å². The molecule has 4 rings (SSSR count). The number of hydrogen-bond donors (Lipinski definition) is 1. The third-order valence-electron chi connectivity index (χ3n) is 9.33. The van der Waals surface area contributed by atoms with Crippen LogP contribution in [0.25, 0.3) is 0 Å². The van der Waals surface area contributed by atoms with Gasteiger partial charge in [0.2, 0.25) is 5.91 Å². The topological polar surface area (TPSA) is 86.3 Å². The van der Waals surface area contributed by atoms with Crippen molar-refractivity contribution in [2.24, 2.45) is 29.6 Å². The number of nitrogens with one attached hydrogen (secondary N) is 1. The van der Waals surface area contributed by atoms with Crippen LogP contribution in [0.1, 0.15) is 77.3 Å². The van der Waals surface area contributed by atoms with E-state index < -0.39 is 5.60 Å². The molecule has 8 heteroatoms. The van der Waals surface area contributed by atoms with Gasteiger partial charge >= 0.3 is 6.09 Å². The maximum Gasteiger partial charge on any atom is 0.410 e. The van der Waals surface area contributed by atoms with Gasteiger partial charge in [-0.25, -0.2) is 4.79 Å². The molecule has 0 spiro atoms. The van der Waals surface area contributed by atoms with Crippen molar-refractivity contribution in [3.05, 3.63) is 59.7 Å². The molecule has 1 N–H and O–H groups in total. The number of carbonyl (C=O) groups excluding carboxylic acids is 2. The van der Waals surface area contributed by atoms with Gasteiger partial charge in [0.25, 0.3) is 0 Å². The molecule has 1 aliphatic carbocycles. The van der Waals surface area contributed by atoms with Gasteiger partial charge in [-0.15, -0.1) is 0 Å². The van der Waals surface area contributed by atoms with E-state index in [1.807, 2.05) is 49.9 Å². The summed E-state index contributed by atoms with van der Waals surface area (Å²) in [6.45, 7) is 13.2. The number of methoxy groups -OCH3 is 2. The highest BCUT2D eigenvalue weighted by Gasteiger charge is 2.41. The predicted octanol–water partition coefficient (Wildman–Crippen LogP) is 7.11. The molecule has 2 aromatic carbocycles. The first-order valence-electron chi connectivity index (χ1n) is 17.1.